The molecule has 1 aromatic heterocycles. The number of furan rings is 1. The lowest BCUT2D eigenvalue weighted by atomic mass is 9.98. The molecule has 1 unspecified atom stereocenters. The average Bonchev–Trinajstić information content (AvgIpc) is 3.05. The van der Waals surface area contributed by atoms with Crippen molar-refractivity contribution in [3.63, 3.8) is 0 Å². The first-order valence-electron chi connectivity index (χ1n) is 8.35. The van der Waals surface area contributed by atoms with Crippen LogP contribution in [-0.4, -0.2) is 48.5 Å². The Morgan fingerprint density at radius 1 is 1.35 bits per heavy atom. The normalized spacial score (nSPS) is 18.7. The summed E-state index contributed by atoms with van der Waals surface area (Å²) in [6.07, 6.45) is 1.26. The zero-order chi connectivity index (χ0) is 18.9. The van der Waals surface area contributed by atoms with Crippen molar-refractivity contribution in [2.45, 2.75) is 19.8 Å². The molecule has 3 rings (SSSR count). The number of carbonyl (C=O) groups excluding carboxylic acids is 1. The van der Waals surface area contributed by atoms with Gasteiger partial charge in [0.05, 0.1) is 11.7 Å². The molecule has 0 spiro atoms. The molecule has 0 aliphatic carbocycles. The molecule has 0 bridgehead atoms. The van der Waals surface area contributed by atoms with Crippen molar-refractivity contribution >= 4 is 38.6 Å². The number of hydrogen-bond acceptors (Lipinski definition) is 5. The summed E-state index contributed by atoms with van der Waals surface area (Å²) in [5.74, 6) is -1.98. The van der Waals surface area contributed by atoms with Crippen LogP contribution in [0.1, 0.15) is 30.3 Å². The van der Waals surface area contributed by atoms with Crippen molar-refractivity contribution in [3.05, 3.63) is 30.0 Å². The number of fused-ring (bicyclic) bond motifs is 1. The number of sulfonamides is 1. The highest BCUT2D eigenvalue weighted by Crippen LogP contribution is 2.25. The van der Waals surface area contributed by atoms with Crippen LogP contribution >= 0.6 is 0 Å². The summed E-state index contributed by atoms with van der Waals surface area (Å²) < 4.78 is 30.6. The van der Waals surface area contributed by atoms with Crippen molar-refractivity contribution in [2.75, 3.05) is 24.2 Å². The lowest BCUT2D eigenvalue weighted by Crippen LogP contribution is -2.44. The molecule has 1 aliphatic rings. The van der Waals surface area contributed by atoms with E-state index in [1.807, 2.05) is 0 Å². The smallest absolute Gasteiger partial charge is 0.371 e. The molecule has 0 radical (unpaired) electrons. The van der Waals surface area contributed by atoms with Gasteiger partial charge in [-0.1, -0.05) is 0 Å². The Labute approximate surface area is 150 Å². The SMILES string of the molecule is CCS(=O)(=O)N1CCCC(C(=O)Nc2ccc3oc(C(=O)O)cc3c2)C1. The number of piperidine rings is 1. The maximum Gasteiger partial charge on any atom is 0.371 e. The van der Waals surface area contributed by atoms with Crippen LogP contribution in [0.2, 0.25) is 0 Å². The van der Waals surface area contributed by atoms with E-state index in [4.69, 9.17) is 9.52 Å². The quantitative estimate of drug-likeness (QED) is 0.821. The van der Waals surface area contributed by atoms with E-state index in [0.717, 1.165) is 0 Å². The molecule has 1 fully saturated rings. The highest BCUT2D eigenvalue weighted by atomic mass is 32.2. The molecule has 8 nitrogen and oxygen atoms in total. The largest absolute Gasteiger partial charge is 0.475 e. The number of carboxylic acids is 1. The Bertz CT molecular complexity index is 949. The fraction of sp³-hybridized carbons (Fsp3) is 0.412. The third-order valence-electron chi connectivity index (χ3n) is 4.51. The van der Waals surface area contributed by atoms with Gasteiger partial charge in [-0.3, -0.25) is 4.79 Å². The highest BCUT2D eigenvalue weighted by molar-refractivity contribution is 7.89. The summed E-state index contributed by atoms with van der Waals surface area (Å²) >= 11 is 0. The van der Waals surface area contributed by atoms with E-state index in [-0.39, 0.29) is 24.0 Å². The Kier molecular flexibility index (Phi) is 5.01. The maximum atomic E-state index is 12.5. The minimum absolute atomic E-state index is 0.0183. The average molecular weight is 380 g/mol. The maximum absolute atomic E-state index is 12.5. The molecule has 26 heavy (non-hydrogen) atoms. The van der Waals surface area contributed by atoms with E-state index < -0.39 is 21.9 Å². The third-order valence-corrected chi connectivity index (χ3v) is 6.36. The number of carboxylic acid groups (broad SMARTS) is 1. The summed E-state index contributed by atoms with van der Waals surface area (Å²) in [6, 6.07) is 6.24. The summed E-state index contributed by atoms with van der Waals surface area (Å²) in [5.41, 5.74) is 0.925. The van der Waals surface area contributed by atoms with Gasteiger partial charge >= 0.3 is 5.97 Å². The van der Waals surface area contributed by atoms with Gasteiger partial charge in [0.2, 0.25) is 21.7 Å². The zero-order valence-corrected chi connectivity index (χ0v) is 15.1. The van der Waals surface area contributed by atoms with Crippen molar-refractivity contribution in [1.29, 1.82) is 0 Å². The lowest BCUT2D eigenvalue weighted by Gasteiger charge is -2.30. The molecule has 140 valence electrons. The van der Waals surface area contributed by atoms with E-state index in [2.05, 4.69) is 5.32 Å². The molecule has 1 amide bonds. The van der Waals surface area contributed by atoms with Gasteiger partial charge in [0.25, 0.3) is 0 Å². The molecule has 9 heteroatoms. The van der Waals surface area contributed by atoms with Crippen LogP contribution in [0.4, 0.5) is 5.69 Å². The first-order valence-corrected chi connectivity index (χ1v) is 9.96. The van der Waals surface area contributed by atoms with Crippen LogP contribution in [0, 0.1) is 5.92 Å². The summed E-state index contributed by atoms with van der Waals surface area (Å²) in [4.78, 5) is 23.5. The molecule has 2 aromatic rings. The first-order chi connectivity index (χ1) is 12.3. The number of aromatic carboxylic acids is 1. The van der Waals surface area contributed by atoms with E-state index in [9.17, 15) is 18.0 Å². The standard InChI is InChI=1S/C17H20N2O6S/c1-2-26(23,24)19-7-3-4-11(10-19)16(20)18-13-5-6-14-12(8-13)9-15(25-14)17(21)22/h5-6,8-9,11H,2-4,7,10H2,1H3,(H,18,20)(H,21,22). The van der Waals surface area contributed by atoms with Crippen LogP contribution in [0.15, 0.2) is 28.7 Å². The van der Waals surface area contributed by atoms with E-state index in [1.54, 1.807) is 25.1 Å². The van der Waals surface area contributed by atoms with Gasteiger partial charge in [-0.15, -0.1) is 0 Å². The van der Waals surface area contributed by atoms with Crippen LogP contribution in [0.3, 0.4) is 0 Å². The number of anilines is 1. The van der Waals surface area contributed by atoms with Crippen LogP contribution in [-0.2, 0) is 14.8 Å². The minimum Gasteiger partial charge on any atom is -0.475 e. The molecule has 2 N–H and O–H groups in total. The van der Waals surface area contributed by atoms with Crippen molar-refractivity contribution < 1.29 is 27.5 Å². The van der Waals surface area contributed by atoms with Gasteiger partial charge in [0, 0.05) is 24.2 Å². The molecule has 1 atom stereocenters. The van der Waals surface area contributed by atoms with Gasteiger partial charge in [0.15, 0.2) is 0 Å². The fourth-order valence-electron chi connectivity index (χ4n) is 3.06. The zero-order valence-electron chi connectivity index (χ0n) is 14.3. The number of benzene rings is 1. The van der Waals surface area contributed by atoms with Crippen molar-refractivity contribution in [2.24, 2.45) is 5.92 Å². The van der Waals surface area contributed by atoms with Crippen LogP contribution < -0.4 is 5.32 Å². The van der Waals surface area contributed by atoms with Crippen molar-refractivity contribution in [3.8, 4) is 0 Å². The van der Waals surface area contributed by atoms with Crippen LogP contribution in [0.5, 0.6) is 0 Å². The number of nitrogens with zero attached hydrogens (tertiary/aromatic N) is 1. The predicted molar refractivity (Wildman–Crippen MR) is 95.6 cm³/mol. The summed E-state index contributed by atoms with van der Waals surface area (Å²) in [6.45, 7) is 2.21. The predicted octanol–water partition coefficient (Wildman–Crippen LogP) is 2.13. The summed E-state index contributed by atoms with van der Waals surface area (Å²) in [7, 11) is -3.31. The molecule has 0 saturated carbocycles. The Hall–Kier alpha value is -2.39. The lowest BCUT2D eigenvalue weighted by molar-refractivity contribution is -0.120. The first kappa shape index (κ1) is 18.4. The van der Waals surface area contributed by atoms with Gasteiger partial charge in [-0.25, -0.2) is 17.5 Å². The number of amides is 1. The molecule has 1 saturated heterocycles. The fourth-order valence-corrected chi connectivity index (χ4v) is 4.24. The molecule has 1 aliphatic heterocycles. The second kappa shape index (κ2) is 7.08. The van der Waals surface area contributed by atoms with Crippen LogP contribution in [0.25, 0.3) is 11.0 Å². The number of carbonyl (C=O) groups is 2. The van der Waals surface area contributed by atoms with Gasteiger partial charge in [0.1, 0.15) is 5.58 Å². The summed E-state index contributed by atoms with van der Waals surface area (Å²) in [5, 5.41) is 12.3. The van der Waals surface area contributed by atoms with E-state index in [0.29, 0.717) is 36.0 Å². The van der Waals surface area contributed by atoms with Gasteiger partial charge < -0.3 is 14.8 Å². The third kappa shape index (κ3) is 3.73. The molecular weight excluding hydrogens is 360 g/mol. The van der Waals surface area contributed by atoms with Crippen molar-refractivity contribution in [1.82, 2.24) is 4.31 Å². The van der Waals surface area contributed by atoms with E-state index in [1.165, 1.54) is 10.4 Å². The van der Waals surface area contributed by atoms with Gasteiger partial charge in [-0.05, 0) is 44.0 Å². The highest BCUT2D eigenvalue weighted by Gasteiger charge is 2.31. The number of rotatable bonds is 5. The number of nitrogens with one attached hydrogen (secondary N) is 1. The monoisotopic (exact) mass is 380 g/mol. The molecule has 2 heterocycles. The molecule has 1 aromatic carbocycles. The molecular formula is C17H20N2O6S. The Morgan fingerprint density at radius 3 is 2.81 bits per heavy atom. The second-order valence-corrected chi connectivity index (χ2v) is 8.51. The minimum atomic E-state index is -3.31. The van der Waals surface area contributed by atoms with Gasteiger partial charge in [-0.2, -0.15) is 0 Å². The van der Waals surface area contributed by atoms with E-state index >= 15 is 0 Å². The Morgan fingerprint density at radius 2 is 2.12 bits per heavy atom. The second-order valence-electron chi connectivity index (χ2n) is 6.26. The number of hydrogen-bond donors (Lipinski definition) is 2. The Balaban J connectivity index is 1.73. The topological polar surface area (TPSA) is 117 Å².